The topological polar surface area (TPSA) is 71.9 Å². The van der Waals surface area contributed by atoms with E-state index < -0.39 is 0 Å². The van der Waals surface area contributed by atoms with Gasteiger partial charge >= 0.3 is 0 Å². The average Bonchev–Trinajstić information content (AvgIpc) is 3.03. The predicted octanol–water partition coefficient (Wildman–Crippen LogP) is 5.63. The van der Waals surface area contributed by atoms with Gasteiger partial charge in [-0.1, -0.05) is 17.7 Å². The van der Waals surface area contributed by atoms with Crippen molar-refractivity contribution in [2.45, 2.75) is 26.8 Å². The molecule has 6 nitrogen and oxygen atoms in total. The van der Waals surface area contributed by atoms with E-state index in [0.717, 1.165) is 46.7 Å². The van der Waals surface area contributed by atoms with Crippen molar-refractivity contribution in [2.24, 2.45) is 10.2 Å². The Morgan fingerprint density at radius 2 is 1.69 bits per heavy atom. The molecule has 146 valence electrons. The summed E-state index contributed by atoms with van der Waals surface area (Å²) in [6, 6.07) is 14.1. The number of rotatable bonds is 4. The summed E-state index contributed by atoms with van der Waals surface area (Å²) >= 11 is 0. The van der Waals surface area contributed by atoms with Crippen LogP contribution in [0.1, 0.15) is 22.4 Å². The van der Waals surface area contributed by atoms with Gasteiger partial charge in [-0.3, -0.25) is 0 Å². The summed E-state index contributed by atoms with van der Waals surface area (Å²) in [5.74, 6) is 1.34. The molecule has 1 aliphatic heterocycles. The molecule has 2 heterocycles. The maximum atomic E-state index is 9.95. The Morgan fingerprint density at radius 1 is 1.00 bits per heavy atom. The lowest BCUT2D eigenvalue weighted by atomic mass is 9.95. The first-order valence-corrected chi connectivity index (χ1v) is 9.44. The first-order chi connectivity index (χ1) is 14.1. The van der Waals surface area contributed by atoms with Crippen molar-refractivity contribution in [3.8, 4) is 28.8 Å². The quantitative estimate of drug-likeness (QED) is 0.545. The fourth-order valence-corrected chi connectivity index (χ4v) is 3.81. The SMILES string of the molecule is COc1cc2c(cc1OC)-c1c(C#N)c(N=Nc3ccc(C)cc3)c(C)n1CC2. The Labute approximate surface area is 170 Å². The molecule has 0 spiro atoms. The molecule has 0 bridgehead atoms. The van der Waals surface area contributed by atoms with Gasteiger partial charge in [0.1, 0.15) is 17.3 Å². The van der Waals surface area contributed by atoms with Gasteiger partial charge in [-0.25, -0.2) is 0 Å². The molecule has 29 heavy (non-hydrogen) atoms. The van der Waals surface area contributed by atoms with Crippen LogP contribution in [0.25, 0.3) is 11.3 Å². The van der Waals surface area contributed by atoms with Crippen molar-refractivity contribution in [1.82, 2.24) is 4.57 Å². The number of hydrogen-bond donors (Lipinski definition) is 0. The number of aromatic nitrogens is 1. The van der Waals surface area contributed by atoms with Crippen molar-refractivity contribution in [3.63, 3.8) is 0 Å². The van der Waals surface area contributed by atoms with Crippen LogP contribution >= 0.6 is 0 Å². The van der Waals surface area contributed by atoms with E-state index >= 15 is 0 Å². The summed E-state index contributed by atoms with van der Waals surface area (Å²) < 4.78 is 13.1. The standard InChI is InChI=1S/C23H22N4O2/c1-14-5-7-17(8-6-14)25-26-22-15(2)27-10-9-16-11-20(28-3)21(29-4)12-18(16)23(27)19(22)13-24/h5-8,11-12H,9-10H2,1-4H3. The van der Waals surface area contributed by atoms with Crippen LogP contribution < -0.4 is 9.47 Å². The molecule has 0 saturated heterocycles. The second kappa shape index (κ2) is 7.44. The molecule has 0 amide bonds. The van der Waals surface area contributed by atoms with Crippen molar-refractivity contribution in [2.75, 3.05) is 14.2 Å². The Hall–Kier alpha value is -3.59. The number of hydrogen-bond acceptors (Lipinski definition) is 5. The van der Waals surface area contributed by atoms with Crippen LogP contribution in [-0.4, -0.2) is 18.8 Å². The minimum Gasteiger partial charge on any atom is -0.493 e. The molecule has 0 radical (unpaired) electrons. The summed E-state index contributed by atoms with van der Waals surface area (Å²) in [7, 11) is 3.24. The lowest BCUT2D eigenvalue weighted by molar-refractivity contribution is 0.354. The molecule has 1 aliphatic rings. The van der Waals surface area contributed by atoms with Crippen LogP contribution in [0.5, 0.6) is 11.5 Å². The number of methoxy groups -OCH3 is 2. The fraction of sp³-hybridized carbons (Fsp3) is 0.261. The molecule has 0 atom stereocenters. The third-order valence-electron chi connectivity index (χ3n) is 5.37. The van der Waals surface area contributed by atoms with Crippen LogP contribution in [0.3, 0.4) is 0 Å². The van der Waals surface area contributed by atoms with E-state index in [1.807, 2.05) is 50.2 Å². The summed E-state index contributed by atoms with van der Waals surface area (Å²) in [5.41, 5.74) is 6.99. The summed E-state index contributed by atoms with van der Waals surface area (Å²) in [4.78, 5) is 0. The second-order valence-corrected chi connectivity index (χ2v) is 7.07. The van der Waals surface area contributed by atoms with Crippen molar-refractivity contribution in [1.29, 1.82) is 5.26 Å². The number of nitriles is 1. The van der Waals surface area contributed by atoms with Crippen molar-refractivity contribution >= 4 is 11.4 Å². The minimum absolute atomic E-state index is 0.534. The van der Waals surface area contributed by atoms with Crippen molar-refractivity contribution in [3.05, 3.63) is 58.8 Å². The monoisotopic (exact) mass is 386 g/mol. The summed E-state index contributed by atoms with van der Waals surface area (Å²) in [5, 5.41) is 18.8. The van der Waals surface area contributed by atoms with Crippen LogP contribution in [0.2, 0.25) is 0 Å². The predicted molar refractivity (Wildman–Crippen MR) is 111 cm³/mol. The Balaban J connectivity index is 1.86. The van der Waals surface area contributed by atoms with Gasteiger partial charge in [0.25, 0.3) is 0 Å². The van der Waals surface area contributed by atoms with Crippen LogP contribution in [0.15, 0.2) is 46.6 Å². The van der Waals surface area contributed by atoms with E-state index in [0.29, 0.717) is 22.7 Å². The van der Waals surface area contributed by atoms with E-state index in [4.69, 9.17) is 9.47 Å². The first-order valence-electron chi connectivity index (χ1n) is 9.44. The third kappa shape index (κ3) is 3.15. The van der Waals surface area contributed by atoms with E-state index in [-0.39, 0.29) is 0 Å². The molecule has 0 saturated carbocycles. The highest BCUT2D eigenvalue weighted by Crippen LogP contribution is 2.44. The normalized spacial score (nSPS) is 12.4. The maximum Gasteiger partial charge on any atom is 0.161 e. The zero-order valence-corrected chi connectivity index (χ0v) is 17.0. The van der Waals surface area contributed by atoms with Gasteiger partial charge in [0.2, 0.25) is 0 Å². The van der Waals surface area contributed by atoms with E-state index in [1.165, 1.54) is 0 Å². The van der Waals surface area contributed by atoms with Gasteiger partial charge in [-0.05, 0) is 50.1 Å². The highest BCUT2D eigenvalue weighted by atomic mass is 16.5. The van der Waals surface area contributed by atoms with Gasteiger partial charge in [0.15, 0.2) is 11.5 Å². The van der Waals surface area contributed by atoms with Gasteiger partial charge in [-0.15, -0.1) is 5.11 Å². The molecule has 1 aromatic heterocycles. The van der Waals surface area contributed by atoms with Gasteiger partial charge in [0.05, 0.1) is 25.6 Å². The highest BCUT2D eigenvalue weighted by Gasteiger charge is 2.28. The van der Waals surface area contributed by atoms with Crippen LogP contribution in [0.4, 0.5) is 11.4 Å². The maximum absolute atomic E-state index is 9.95. The first kappa shape index (κ1) is 18.8. The summed E-state index contributed by atoms with van der Waals surface area (Å²) in [6.07, 6.45) is 0.845. The molecule has 0 unspecified atom stereocenters. The lowest BCUT2D eigenvalue weighted by Gasteiger charge is -2.22. The third-order valence-corrected chi connectivity index (χ3v) is 5.37. The number of aryl methyl sites for hydroxylation is 2. The molecule has 4 rings (SSSR count). The van der Waals surface area contributed by atoms with Gasteiger partial charge < -0.3 is 14.0 Å². The molecule has 3 aromatic rings. The van der Waals surface area contributed by atoms with Gasteiger partial charge in [0, 0.05) is 17.8 Å². The Kier molecular flexibility index (Phi) is 4.81. The number of fused-ring (bicyclic) bond motifs is 3. The highest BCUT2D eigenvalue weighted by molar-refractivity contribution is 5.81. The Bertz CT molecular complexity index is 1150. The molecule has 6 heteroatoms. The second-order valence-electron chi connectivity index (χ2n) is 7.07. The number of ether oxygens (including phenoxy) is 2. The number of azo groups is 1. The average molecular weight is 386 g/mol. The van der Waals surface area contributed by atoms with Crippen LogP contribution in [0, 0.1) is 25.2 Å². The Morgan fingerprint density at radius 3 is 2.34 bits per heavy atom. The fourth-order valence-electron chi connectivity index (χ4n) is 3.81. The molecule has 2 aromatic carbocycles. The molecule has 0 fully saturated rings. The molecule has 0 N–H and O–H groups in total. The molecule has 0 aliphatic carbocycles. The molecular weight excluding hydrogens is 364 g/mol. The largest absolute Gasteiger partial charge is 0.493 e. The smallest absolute Gasteiger partial charge is 0.161 e. The summed E-state index contributed by atoms with van der Waals surface area (Å²) in [6.45, 7) is 4.79. The zero-order chi connectivity index (χ0) is 20.5. The van der Waals surface area contributed by atoms with Crippen molar-refractivity contribution < 1.29 is 9.47 Å². The zero-order valence-electron chi connectivity index (χ0n) is 17.0. The van der Waals surface area contributed by atoms with E-state index in [2.05, 4.69) is 20.9 Å². The van der Waals surface area contributed by atoms with Gasteiger partial charge in [-0.2, -0.15) is 10.4 Å². The molecular formula is C23H22N4O2. The minimum atomic E-state index is 0.534. The van der Waals surface area contributed by atoms with E-state index in [1.54, 1.807) is 14.2 Å². The number of benzene rings is 2. The number of nitrogens with zero attached hydrogens (tertiary/aromatic N) is 4. The van der Waals surface area contributed by atoms with E-state index in [9.17, 15) is 5.26 Å². The lowest BCUT2D eigenvalue weighted by Crippen LogP contribution is -2.12. The van der Waals surface area contributed by atoms with Crippen LogP contribution in [-0.2, 0) is 13.0 Å².